The Kier molecular flexibility index (Phi) is 4.23. The van der Waals surface area contributed by atoms with Crippen molar-refractivity contribution in [2.45, 2.75) is 51.6 Å². The molecule has 2 aromatic rings. The standard InChI is InChI=1S/C18H23NS/c1-13(15-8-4-3-5-9-15)19-14(2)18-12-16-10-6-7-11-17(16)20-18/h3-5,8-9,12-14,19H,6-7,10-11H2,1-2H3. The molecule has 1 aromatic heterocycles. The van der Waals surface area contributed by atoms with Crippen LogP contribution in [0.3, 0.4) is 0 Å². The Morgan fingerprint density at radius 1 is 1.00 bits per heavy atom. The highest BCUT2D eigenvalue weighted by atomic mass is 32.1. The van der Waals surface area contributed by atoms with Crippen molar-refractivity contribution < 1.29 is 0 Å². The fraction of sp³-hybridized carbons (Fsp3) is 0.444. The first-order valence-corrected chi connectivity index (χ1v) is 8.48. The van der Waals surface area contributed by atoms with Crippen LogP contribution in [0.1, 0.15) is 59.7 Å². The summed E-state index contributed by atoms with van der Waals surface area (Å²) in [6, 6.07) is 14.0. The Bertz CT molecular complexity index is 535. The van der Waals surface area contributed by atoms with Crippen LogP contribution in [0.25, 0.3) is 0 Å². The summed E-state index contributed by atoms with van der Waals surface area (Å²) in [5.74, 6) is 0. The predicted octanol–water partition coefficient (Wildman–Crippen LogP) is 5.04. The van der Waals surface area contributed by atoms with E-state index < -0.39 is 0 Å². The van der Waals surface area contributed by atoms with Gasteiger partial charge in [-0.3, -0.25) is 0 Å². The number of hydrogen-bond donors (Lipinski definition) is 1. The Morgan fingerprint density at radius 2 is 1.75 bits per heavy atom. The number of benzene rings is 1. The smallest absolute Gasteiger partial charge is 0.0391 e. The van der Waals surface area contributed by atoms with Gasteiger partial charge in [0.15, 0.2) is 0 Å². The molecule has 0 saturated heterocycles. The zero-order chi connectivity index (χ0) is 13.9. The SMILES string of the molecule is CC(NC(C)c1cc2c(s1)CCCC2)c1ccccc1. The summed E-state index contributed by atoms with van der Waals surface area (Å²) in [4.78, 5) is 3.13. The molecule has 0 aliphatic heterocycles. The molecule has 106 valence electrons. The Hall–Kier alpha value is -1.12. The minimum Gasteiger partial charge on any atom is -0.303 e. The molecule has 1 nitrogen and oxygen atoms in total. The van der Waals surface area contributed by atoms with Gasteiger partial charge in [0.05, 0.1) is 0 Å². The van der Waals surface area contributed by atoms with Gasteiger partial charge in [0.2, 0.25) is 0 Å². The lowest BCUT2D eigenvalue weighted by Crippen LogP contribution is -2.21. The lowest BCUT2D eigenvalue weighted by atomic mass is 9.99. The molecule has 0 saturated carbocycles. The van der Waals surface area contributed by atoms with Crippen molar-refractivity contribution in [1.29, 1.82) is 0 Å². The molecule has 0 amide bonds. The first-order valence-electron chi connectivity index (χ1n) is 7.66. The molecule has 1 heterocycles. The highest BCUT2D eigenvalue weighted by Gasteiger charge is 2.17. The molecule has 0 fully saturated rings. The van der Waals surface area contributed by atoms with E-state index in [4.69, 9.17) is 0 Å². The molecule has 2 unspecified atom stereocenters. The monoisotopic (exact) mass is 285 g/mol. The summed E-state index contributed by atoms with van der Waals surface area (Å²) in [6.07, 6.45) is 5.31. The second-order valence-electron chi connectivity index (χ2n) is 5.83. The molecule has 1 aliphatic carbocycles. The molecular formula is C18H23NS. The molecule has 0 radical (unpaired) electrons. The van der Waals surface area contributed by atoms with Gasteiger partial charge in [0.25, 0.3) is 0 Å². The van der Waals surface area contributed by atoms with Gasteiger partial charge in [-0.1, -0.05) is 30.3 Å². The van der Waals surface area contributed by atoms with Crippen LogP contribution < -0.4 is 5.32 Å². The van der Waals surface area contributed by atoms with E-state index in [0.29, 0.717) is 12.1 Å². The van der Waals surface area contributed by atoms with Crippen molar-refractivity contribution in [3.63, 3.8) is 0 Å². The van der Waals surface area contributed by atoms with Crippen molar-refractivity contribution in [1.82, 2.24) is 5.32 Å². The number of aryl methyl sites for hydroxylation is 2. The van der Waals surface area contributed by atoms with E-state index in [1.54, 1.807) is 10.4 Å². The maximum absolute atomic E-state index is 3.73. The zero-order valence-electron chi connectivity index (χ0n) is 12.4. The average Bonchev–Trinajstić information content (AvgIpc) is 2.92. The summed E-state index contributed by atoms with van der Waals surface area (Å²) >= 11 is 2.02. The van der Waals surface area contributed by atoms with Crippen molar-refractivity contribution >= 4 is 11.3 Å². The minimum absolute atomic E-state index is 0.394. The van der Waals surface area contributed by atoms with Crippen LogP contribution >= 0.6 is 11.3 Å². The van der Waals surface area contributed by atoms with E-state index in [0.717, 1.165) is 0 Å². The highest BCUT2D eigenvalue weighted by Crippen LogP contribution is 2.33. The number of thiophene rings is 1. The molecular weight excluding hydrogens is 262 g/mol. The topological polar surface area (TPSA) is 12.0 Å². The molecule has 2 heteroatoms. The normalized spacial score (nSPS) is 17.5. The lowest BCUT2D eigenvalue weighted by Gasteiger charge is -2.19. The van der Waals surface area contributed by atoms with E-state index in [2.05, 4.69) is 55.6 Å². The first-order chi connectivity index (χ1) is 9.74. The van der Waals surface area contributed by atoms with E-state index >= 15 is 0 Å². The third-order valence-corrected chi connectivity index (χ3v) is 5.66. The number of nitrogens with one attached hydrogen (secondary N) is 1. The van der Waals surface area contributed by atoms with Gasteiger partial charge in [0.1, 0.15) is 0 Å². The van der Waals surface area contributed by atoms with Crippen molar-refractivity contribution in [2.75, 3.05) is 0 Å². The van der Waals surface area contributed by atoms with E-state index in [9.17, 15) is 0 Å². The Morgan fingerprint density at radius 3 is 2.50 bits per heavy atom. The predicted molar refractivity (Wildman–Crippen MR) is 87.4 cm³/mol. The van der Waals surface area contributed by atoms with E-state index in [1.807, 2.05) is 11.3 Å². The van der Waals surface area contributed by atoms with Gasteiger partial charge in [-0.05, 0) is 56.7 Å². The summed E-state index contributed by atoms with van der Waals surface area (Å²) < 4.78 is 0. The second-order valence-corrected chi connectivity index (χ2v) is 6.99. The van der Waals surface area contributed by atoms with Gasteiger partial charge in [-0.2, -0.15) is 0 Å². The maximum atomic E-state index is 3.73. The fourth-order valence-electron chi connectivity index (χ4n) is 3.02. The van der Waals surface area contributed by atoms with E-state index in [1.165, 1.54) is 36.1 Å². The van der Waals surface area contributed by atoms with Crippen molar-refractivity contribution in [2.24, 2.45) is 0 Å². The summed E-state index contributed by atoms with van der Waals surface area (Å²) in [6.45, 7) is 4.54. The second kappa shape index (κ2) is 6.11. The number of rotatable bonds is 4. The zero-order valence-corrected chi connectivity index (χ0v) is 13.2. The van der Waals surface area contributed by atoms with Crippen LogP contribution in [0.2, 0.25) is 0 Å². The quantitative estimate of drug-likeness (QED) is 0.830. The molecule has 1 aliphatic rings. The molecule has 1 aromatic carbocycles. The summed E-state index contributed by atoms with van der Waals surface area (Å²) in [5, 5.41) is 3.73. The average molecular weight is 285 g/mol. The lowest BCUT2D eigenvalue weighted by molar-refractivity contribution is 0.500. The van der Waals surface area contributed by atoms with E-state index in [-0.39, 0.29) is 0 Å². The highest BCUT2D eigenvalue weighted by molar-refractivity contribution is 7.12. The van der Waals surface area contributed by atoms with Crippen LogP contribution in [0, 0.1) is 0 Å². The molecule has 20 heavy (non-hydrogen) atoms. The summed E-state index contributed by atoms with van der Waals surface area (Å²) in [5.41, 5.74) is 2.97. The third-order valence-electron chi connectivity index (χ3n) is 4.24. The van der Waals surface area contributed by atoms with Crippen LogP contribution in [0.5, 0.6) is 0 Å². The van der Waals surface area contributed by atoms with Crippen LogP contribution in [-0.2, 0) is 12.8 Å². The number of hydrogen-bond acceptors (Lipinski definition) is 2. The molecule has 3 rings (SSSR count). The molecule has 0 bridgehead atoms. The van der Waals surface area contributed by atoms with Crippen molar-refractivity contribution in [3.05, 3.63) is 57.3 Å². The summed E-state index contributed by atoms with van der Waals surface area (Å²) in [7, 11) is 0. The Balaban J connectivity index is 1.70. The number of fused-ring (bicyclic) bond motifs is 1. The first kappa shape index (κ1) is 13.8. The van der Waals surface area contributed by atoms with Crippen LogP contribution in [-0.4, -0.2) is 0 Å². The molecule has 2 atom stereocenters. The fourth-order valence-corrected chi connectivity index (χ4v) is 4.29. The van der Waals surface area contributed by atoms with Gasteiger partial charge >= 0.3 is 0 Å². The molecule has 1 N–H and O–H groups in total. The Labute approximate surface area is 126 Å². The van der Waals surface area contributed by atoms with Crippen LogP contribution in [0.4, 0.5) is 0 Å². The maximum Gasteiger partial charge on any atom is 0.0391 e. The van der Waals surface area contributed by atoms with Gasteiger partial charge in [-0.25, -0.2) is 0 Å². The third kappa shape index (κ3) is 2.97. The minimum atomic E-state index is 0.394. The van der Waals surface area contributed by atoms with Crippen molar-refractivity contribution in [3.8, 4) is 0 Å². The van der Waals surface area contributed by atoms with Gasteiger partial charge < -0.3 is 5.32 Å². The molecule has 0 spiro atoms. The largest absolute Gasteiger partial charge is 0.303 e. The van der Waals surface area contributed by atoms with Crippen LogP contribution in [0.15, 0.2) is 36.4 Å². The van der Waals surface area contributed by atoms with Gasteiger partial charge in [0, 0.05) is 21.8 Å². The van der Waals surface area contributed by atoms with Gasteiger partial charge in [-0.15, -0.1) is 11.3 Å².